The topological polar surface area (TPSA) is 64.7 Å². The van der Waals surface area contributed by atoms with Gasteiger partial charge in [0.1, 0.15) is 0 Å². The minimum Gasteiger partial charge on any atom is -0.319 e. The number of anilines is 1. The molecule has 0 aliphatic carbocycles. The summed E-state index contributed by atoms with van der Waals surface area (Å²) in [6.45, 7) is 7.56. The van der Waals surface area contributed by atoms with E-state index in [1.807, 2.05) is 0 Å². The van der Waals surface area contributed by atoms with Gasteiger partial charge < -0.3 is 10.3 Å². The Bertz CT molecular complexity index is 549. The summed E-state index contributed by atoms with van der Waals surface area (Å²) in [4.78, 5) is 2.57. The first kappa shape index (κ1) is 16.2. The van der Waals surface area contributed by atoms with Crippen LogP contribution in [0.3, 0.4) is 0 Å². The summed E-state index contributed by atoms with van der Waals surface area (Å²) in [5, 5.41) is 2.15. The van der Waals surface area contributed by atoms with Crippen LogP contribution in [-0.2, 0) is 10.0 Å². The number of hydrazine groups is 1. The number of rotatable bonds is 5. The molecule has 1 aliphatic rings. The molecule has 0 unspecified atom stereocenters. The molecule has 0 bridgehead atoms. The normalized spacial score (nSPS) is 18.1. The molecule has 0 aromatic heterocycles. The molecule has 1 saturated heterocycles. The Morgan fingerprint density at radius 3 is 2.14 bits per heavy atom. The molecule has 0 atom stereocenters. The Labute approximate surface area is 127 Å². The zero-order chi connectivity index (χ0) is 15.5. The maximum atomic E-state index is 12.0. The number of benzene rings is 1. The van der Waals surface area contributed by atoms with Crippen molar-refractivity contribution in [3.8, 4) is 0 Å². The summed E-state index contributed by atoms with van der Waals surface area (Å²) in [5.41, 5.74) is 4.22. The first-order chi connectivity index (χ1) is 9.87. The van der Waals surface area contributed by atoms with Gasteiger partial charge >= 0.3 is 0 Å². The SMILES string of the molecule is CC(C)NS(=O)(=O)c1ccc(NN2CCN(C)CC2)cc1. The molecule has 1 fully saturated rings. The van der Waals surface area contributed by atoms with Crippen LogP contribution in [0, 0.1) is 0 Å². The van der Waals surface area contributed by atoms with Crippen LogP contribution in [0.5, 0.6) is 0 Å². The Balaban J connectivity index is 1.99. The van der Waals surface area contributed by atoms with Crippen LogP contribution >= 0.6 is 0 Å². The van der Waals surface area contributed by atoms with Crippen LogP contribution in [0.4, 0.5) is 5.69 Å². The van der Waals surface area contributed by atoms with E-state index in [0.717, 1.165) is 31.9 Å². The van der Waals surface area contributed by atoms with E-state index in [1.165, 1.54) is 0 Å². The molecule has 7 heteroatoms. The predicted octanol–water partition coefficient (Wildman–Crippen LogP) is 0.948. The van der Waals surface area contributed by atoms with Gasteiger partial charge in [-0.2, -0.15) is 0 Å². The fourth-order valence-electron chi connectivity index (χ4n) is 2.19. The second kappa shape index (κ2) is 6.74. The minimum atomic E-state index is -3.41. The molecule has 21 heavy (non-hydrogen) atoms. The van der Waals surface area contributed by atoms with E-state index in [0.29, 0.717) is 4.90 Å². The van der Waals surface area contributed by atoms with E-state index in [2.05, 4.69) is 27.1 Å². The molecule has 1 aromatic rings. The van der Waals surface area contributed by atoms with E-state index >= 15 is 0 Å². The standard InChI is InChI=1S/C14H24N4O2S/c1-12(2)16-21(19,20)14-6-4-13(5-7-14)15-18-10-8-17(3)9-11-18/h4-7,12,15-16H,8-11H2,1-3H3. The lowest BCUT2D eigenvalue weighted by atomic mass is 10.3. The molecule has 1 aliphatic heterocycles. The molecule has 6 nitrogen and oxygen atoms in total. The number of hydrogen-bond donors (Lipinski definition) is 2. The van der Waals surface area contributed by atoms with Gasteiger partial charge in [0.25, 0.3) is 0 Å². The molecular weight excluding hydrogens is 288 g/mol. The van der Waals surface area contributed by atoms with Crippen LogP contribution < -0.4 is 10.1 Å². The number of nitrogens with one attached hydrogen (secondary N) is 2. The zero-order valence-electron chi connectivity index (χ0n) is 12.8. The molecule has 2 rings (SSSR count). The molecule has 0 amide bonds. The van der Waals surface area contributed by atoms with E-state index < -0.39 is 10.0 Å². The third-order valence-corrected chi connectivity index (χ3v) is 5.02. The lowest BCUT2D eigenvalue weighted by molar-refractivity contribution is 0.179. The van der Waals surface area contributed by atoms with Crippen LogP contribution in [0.25, 0.3) is 0 Å². The van der Waals surface area contributed by atoms with Crippen molar-refractivity contribution in [3.05, 3.63) is 24.3 Å². The summed E-state index contributed by atoms with van der Waals surface area (Å²) in [5.74, 6) is 0. The monoisotopic (exact) mass is 312 g/mol. The van der Waals surface area contributed by atoms with Crippen molar-refractivity contribution < 1.29 is 8.42 Å². The predicted molar refractivity (Wildman–Crippen MR) is 84.6 cm³/mol. The van der Waals surface area contributed by atoms with E-state index in [-0.39, 0.29) is 6.04 Å². The van der Waals surface area contributed by atoms with Gasteiger partial charge in [-0.3, -0.25) is 0 Å². The highest BCUT2D eigenvalue weighted by Gasteiger charge is 2.16. The zero-order valence-corrected chi connectivity index (χ0v) is 13.7. The van der Waals surface area contributed by atoms with Gasteiger partial charge in [0, 0.05) is 37.9 Å². The summed E-state index contributed by atoms with van der Waals surface area (Å²) >= 11 is 0. The fourth-order valence-corrected chi connectivity index (χ4v) is 3.44. The average Bonchev–Trinajstić information content (AvgIpc) is 2.41. The third-order valence-electron chi connectivity index (χ3n) is 3.35. The quantitative estimate of drug-likeness (QED) is 0.847. The summed E-state index contributed by atoms with van der Waals surface area (Å²) in [6, 6.07) is 6.74. The van der Waals surface area contributed by atoms with Gasteiger partial charge in [-0.15, -0.1) is 0 Å². The smallest absolute Gasteiger partial charge is 0.240 e. The van der Waals surface area contributed by atoms with Gasteiger partial charge in [-0.05, 0) is 45.2 Å². The van der Waals surface area contributed by atoms with Gasteiger partial charge in [0.05, 0.1) is 4.90 Å². The second-order valence-corrected chi connectivity index (χ2v) is 7.42. The molecule has 2 N–H and O–H groups in total. The maximum Gasteiger partial charge on any atom is 0.240 e. The highest BCUT2D eigenvalue weighted by atomic mass is 32.2. The molecule has 0 radical (unpaired) electrons. The second-order valence-electron chi connectivity index (χ2n) is 5.70. The van der Waals surface area contributed by atoms with Crippen molar-refractivity contribution >= 4 is 15.7 Å². The van der Waals surface area contributed by atoms with Crippen LogP contribution in [0.1, 0.15) is 13.8 Å². The summed E-state index contributed by atoms with van der Waals surface area (Å²) < 4.78 is 26.6. The molecule has 0 saturated carbocycles. The average molecular weight is 312 g/mol. The van der Waals surface area contributed by atoms with Crippen molar-refractivity contribution in [1.29, 1.82) is 0 Å². The van der Waals surface area contributed by atoms with E-state index in [9.17, 15) is 8.42 Å². The number of nitrogens with zero attached hydrogens (tertiary/aromatic N) is 2. The molecule has 0 spiro atoms. The number of hydrogen-bond acceptors (Lipinski definition) is 5. The van der Waals surface area contributed by atoms with E-state index in [1.54, 1.807) is 38.1 Å². The Hall–Kier alpha value is -1.15. The number of piperazine rings is 1. The first-order valence-electron chi connectivity index (χ1n) is 7.19. The van der Waals surface area contributed by atoms with Crippen molar-refractivity contribution in [3.63, 3.8) is 0 Å². The van der Waals surface area contributed by atoms with Crippen LogP contribution in [-0.4, -0.2) is 57.6 Å². The Morgan fingerprint density at radius 2 is 1.62 bits per heavy atom. The number of likely N-dealkylation sites (N-methyl/N-ethyl adjacent to an activating group) is 1. The van der Waals surface area contributed by atoms with E-state index in [4.69, 9.17) is 0 Å². The van der Waals surface area contributed by atoms with Gasteiger partial charge in [0.15, 0.2) is 0 Å². The van der Waals surface area contributed by atoms with Crippen molar-refractivity contribution in [2.45, 2.75) is 24.8 Å². The Morgan fingerprint density at radius 1 is 1.05 bits per heavy atom. The number of sulfonamides is 1. The highest BCUT2D eigenvalue weighted by Crippen LogP contribution is 2.15. The van der Waals surface area contributed by atoms with Crippen molar-refractivity contribution in [2.24, 2.45) is 0 Å². The first-order valence-corrected chi connectivity index (χ1v) is 8.68. The maximum absolute atomic E-state index is 12.0. The van der Waals surface area contributed by atoms with Crippen molar-refractivity contribution in [1.82, 2.24) is 14.6 Å². The molecule has 118 valence electrons. The molecule has 1 aromatic carbocycles. The summed E-state index contributed by atoms with van der Waals surface area (Å²) in [7, 11) is -1.30. The van der Waals surface area contributed by atoms with Crippen LogP contribution in [0.15, 0.2) is 29.2 Å². The van der Waals surface area contributed by atoms with Crippen LogP contribution in [0.2, 0.25) is 0 Å². The third kappa shape index (κ3) is 4.67. The highest BCUT2D eigenvalue weighted by molar-refractivity contribution is 7.89. The van der Waals surface area contributed by atoms with Gasteiger partial charge in [-0.1, -0.05) is 0 Å². The minimum absolute atomic E-state index is 0.113. The molecule has 1 heterocycles. The largest absolute Gasteiger partial charge is 0.319 e. The summed E-state index contributed by atoms with van der Waals surface area (Å²) in [6.07, 6.45) is 0. The Kier molecular flexibility index (Phi) is 5.21. The lowest BCUT2D eigenvalue weighted by Gasteiger charge is -2.33. The molecular formula is C14H24N4O2S. The van der Waals surface area contributed by atoms with Gasteiger partial charge in [-0.25, -0.2) is 18.1 Å². The lowest BCUT2D eigenvalue weighted by Crippen LogP contribution is -2.46. The fraction of sp³-hybridized carbons (Fsp3) is 0.571. The van der Waals surface area contributed by atoms with Crippen molar-refractivity contribution in [2.75, 3.05) is 38.7 Å². The van der Waals surface area contributed by atoms with Gasteiger partial charge in [0.2, 0.25) is 10.0 Å².